The Labute approximate surface area is 169 Å². The predicted molar refractivity (Wildman–Crippen MR) is 108 cm³/mol. The number of halogens is 1. The van der Waals surface area contributed by atoms with Crippen molar-refractivity contribution in [3.63, 3.8) is 0 Å². The second-order valence-electron chi connectivity index (χ2n) is 8.06. The molecule has 1 saturated carbocycles. The fraction of sp³-hybridized carbons (Fsp3) is 0.333. The summed E-state index contributed by atoms with van der Waals surface area (Å²) in [5.74, 6) is -1.77. The molecule has 150 valence electrons. The van der Waals surface area contributed by atoms with Crippen molar-refractivity contribution in [2.24, 2.45) is 0 Å². The number of carbonyl (C=O) groups excluding carboxylic acids is 2. The van der Waals surface area contributed by atoms with Gasteiger partial charge in [0.1, 0.15) is 5.82 Å². The van der Waals surface area contributed by atoms with E-state index >= 15 is 0 Å². The minimum Gasteiger partial charge on any atom is -0.503 e. The van der Waals surface area contributed by atoms with Gasteiger partial charge in [-0.3, -0.25) is 9.59 Å². The summed E-state index contributed by atoms with van der Waals surface area (Å²) in [6, 6.07) is 15.2. The molecule has 1 heterocycles. The zero-order valence-electron chi connectivity index (χ0n) is 16.4. The second kappa shape index (κ2) is 7.47. The summed E-state index contributed by atoms with van der Waals surface area (Å²) in [6.07, 6.45) is 4.01. The molecule has 0 bridgehead atoms. The van der Waals surface area contributed by atoms with Crippen LogP contribution in [-0.2, 0) is 15.0 Å². The van der Waals surface area contributed by atoms with E-state index in [1.54, 1.807) is 17.0 Å². The molecule has 0 saturated heterocycles. The lowest BCUT2D eigenvalue weighted by Gasteiger charge is -2.37. The highest BCUT2D eigenvalue weighted by Gasteiger charge is 2.47. The molecule has 4 nitrogen and oxygen atoms in total. The van der Waals surface area contributed by atoms with Gasteiger partial charge in [0.25, 0.3) is 5.91 Å². The van der Waals surface area contributed by atoms with Crippen LogP contribution in [0.1, 0.15) is 49.8 Å². The number of hydrogen-bond acceptors (Lipinski definition) is 3. The molecule has 1 amide bonds. The third kappa shape index (κ3) is 3.35. The number of aliphatic hydroxyl groups excluding tert-OH is 1. The van der Waals surface area contributed by atoms with Crippen LogP contribution in [0.5, 0.6) is 0 Å². The number of hydrogen-bond donors (Lipinski definition) is 1. The Morgan fingerprint density at radius 3 is 2.31 bits per heavy atom. The highest BCUT2D eigenvalue weighted by Crippen LogP contribution is 2.46. The molecular formula is C24H24FNO3. The topological polar surface area (TPSA) is 57.6 Å². The fourth-order valence-corrected chi connectivity index (χ4v) is 4.88. The molecule has 1 aliphatic carbocycles. The highest BCUT2D eigenvalue weighted by atomic mass is 19.1. The van der Waals surface area contributed by atoms with Crippen LogP contribution in [0.25, 0.3) is 0 Å². The lowest BCUT2D eigenvalue weighted by atomic mass is 9.78. The zero-order valence-corrected chi connectivity index (χ0v) is 16.4. The molecule has 1 N–H and O–H groups in total. The van der Waals surface area contributed by atoms with Crippen molar-refractivity contribution < 1.29 is 19.1 Å². The Hall–Kier alpha value is -2.95. The Morgan fingerprint density at radius 1 is 1.10 bits per heavy atom. The number of amides is 1. The van der Waals surface area contributed by atoms with Crippen LogP contribution in [0, 0.1) is 5.82 Å². The molecule has 1 unspecified atom stereocenters. The lowest BCUT2D eigenvalue weighted by molar-refractivity contribution is -0.130. The third-order valence-corrected chi connectivity index (χ3v) is 6.29. The van der Waals surface area contributed by atoms with Gasteiger partial charge in [-0.25, -0.2) is 4.39 Å². The number of nitrogens with zero attached hydrogens (tertiary/aromatic N) is 1. The minimum atomic E-state index is -0.707. The van der Waals surface area contributed by atoms with Crippen molar-refractivity contribution in [1.29, 1.82) is 0 Å². The number of carbonyl (C=O) groups is 2. The monoisotopic (exact) mass is 393 g/mol. The molecular weight excluding hydrogens is 369 g/mol. The van der Waals surface area contributed by atoms with Gasteiger partial charge in [0.05, 0.1) is 11.6 Å². The maximum Gasteiger partial charge on any atom is 0.290 e. The SMILES string of the molecule is CC(=O)C1=C(O)C(=O)N(CC2(c3ccccc3)CCCC2)C1c1ccc(F)cc1. The van der Waals surface area contributed by atoms with Crippen LogP contribution in [0.15, 0.2) is 65.9 Å². The third-order valence-electron chi connectivity index (χ3n) is 6.29. The van der Waals surface area contributed by atoms with Gasteiger partial charge in [-0.2, -0.15) is 0 Å². The van der Waals surface area contributed by atoms with Crippen molar-refractivity contribution in [2.75, 3.05) is 6.54 Å². The summed E-state index contributed by atoms with van der Waals surface area (Å²) >= 11 is 0. The molecule has 0 aromatic heterocycles. The van der Waals surface area contributed by atoms with Gasteiger partial charge in [0, 0.05) is 12.0 Å². The average Bonchev–Trinajstić information content (AvgIpc) is 3.29. The van der Waals surface area contributed by atoms with Crippen LogP contribution in [-0.4, -0.2) is 28.2 Å². The van der Waals surface area contributed by atoms with Gasteiger partial charge in [-0.05, 0) is 43.0 Å². The molecule has 1 aliphatic heterocycles. The number of aliphatic hydroxyl groups is 1. The van der Waals surface area contributed by atoms with Crippen LogP contribution >= 0.6 is 0 Å². The van der Waals surface area contributed by atoms with E-state index in [9.17, 15) is 19.1 Å². The number of rotatable bonds is 5. The van der Waals surface area contributed by atoms with Gasteiger partial charge >= 0.3 is 0 Å². The molecule has 5 heteroatoms. The molecule has 4 rings (SSSR count). The predicted octanol–water partition coefficient (Wildman–Crippen LogP) is 4.62. The standard InChI is InChI=1S/C24H24FNO3/c1-16(27)20-21(17-9-11-19(25)12-10-17)26(23(29)22(20)28)15-24(13-5-6-14-24)18-7-3-2-4-8-18/h2-4,7-12,21,28H,5-6,13-15H2,1H3. The van der Waals surface area contributed by atoms with E-state index in [-0.39, 0.29) is 16.8 Å². The van der Waals surface area contributed by atoms with E-state index < -0.39 is 23.5 Å². The van der Waals surface area contributed by atoms with Gasteiger partial charge in [-0.15, -0.1) is 0 Å². The first-order chi connectivity index (χ1) is 13.9. The first kappa shape index (κ1) is 19.4. The summed E-state index contributed by atoms with van der Waals surface area (Å²) in [5, 5.41) is 10.5. The van der Waals surface area contributed by atoms with E-state index in [4.69, 9.17) is 0 Å². The van der Waals surface area contributed by atoms with Gasteiger partial charge in [0.15, 0.2) is 11.5 Å². The van der Waals surface area contributed by atoms with Gasteiger partial charge < -0.3 is 10.0 Å². The highest BCUT2D eigenvalue weighted by molar-refractivity contribution is 6.08. The van der Waals surface area contributed by atoms with Gasteiger partial charge in [0.2, 0.25) is 0 Å². The maximum atomic E-state index is 13.5. The average molecular weight is 393 g/mol. The van der Waals surface area contributed by atoms with Crippen molar-refractivity contribution in [3.8, 4) is 0 Å². The summed E-state index contributed by atoms with van der Waals surface area (Å²) in [6.45, 7) is 1.75. The number of benzene rings is 2. The molecule has 1 atom stereocenters. The first-order valence-electron chi connectivity index (χ1n) is 9.99. The van der Waals surface area contributed by atoms with Gasteiger partial charge in [-0.1, -0.05) is 55.3 Å². The van der Waals surface area contributed by atoms with E-state index in [0.29, 0.717) is 12.1 Å². The molecule has 0 radical (unpaired) electrons. The van der Waals surface area contributed by atoms with E-state index in [2.05, 4.69) is 12.1 Å². The van der Waals surface area contributed by atoms with E-state index in [1.165, 1.54) is 24.6 Å². The number of ketones is 1. The van der Waals surface area contributed by atoms with Crippen molar-refractivity contribution in [3.05, 3.63) is 82.9 Å². The van der Waals surface area contributed by atoms with E-state index in [1.807, 2.05) is 18.2 Å². The molecule has 2 aliphatic rings. The molecule has 2 aromatic rings. The van der Waals surface area contributed by atoms with Crippen LogP contribution in [0.4, 0.5) is 4.39 Å². The quantitative estimate of drug-likeness (QED) is 0.806. The van der Waals surface area contributed by atoms with Crippen LogP contribution < -0.4 is 0 Å². The van der Waals surface area contributed by atoms with Crippen LogP contribution in [0.3, 0.4) is 0 Å². The largest absolute Gasteiger partial charge is 0.503 e. The first-order valence-corrected chi connectivity index (χ1v) is 9.99. The second-order valence-corrected chi connectivity index (χ2v) is 8.06. The summed E-state index contributed by atoms with van der Waals surface area (Å²) < 4.78 is 13.5. The molecule has 1 fully saturated rings. The summed E-state index contributed by atoms with van der Waals surface area (Å²) in [5.41, 5.74) is 1.65. The molecule has 2 aromatic carbocycles. The van der Waals surface area contributed by atoms with E-state index in [0.717, 1.165) is 25.7 Å². The van der Waals surface area contributed by atoms with Crippen LogP contribution in [0.2, 0.25) is 0 Å². The Morgan fingerprint density at radius 2 is 1.72 bits per heavy atom. The summed E-state index contributed by atoms with van der Waals surface area (Å²) in [4.78, 5) is 26.9. The lowest BCUT2D eigenvalue weighted by Crippen LogP contribution is -2.42. The Kier molecular flexibility index (Phi) is 4.99. The van der Waals surface area contributed by atoms with Crippen molar-refractivity contribution in [1.82, 2.24) is 4.90 Å². The molecule has 0 spiro atoms. The maximum absolute atomic E-state index is 13.5. The number of Topliss-reactive ketones (excluding diaryl/α,β-unsaturated/α-hetero) is 1. The molecule has 29 heavy (non-hydrogen) atoms. The smallest absolute Gasteiger partial charge is 0.290 e. The zero-order chi connectivity index (χ0) is 20.6. The van der Waals surface area contributed by atoms with Crippen molar-refractivity contribution >= 4 is 11.7 Å². The Balaban J connectivity index is 1.77. The normalized spacial score (nSPS) is 21.1. The fourth-order valence-electron chi connectivity index (χ4n) is 4.88. The summed E-state index contributed by atoms with van der Waals surface area (Å²) in [7, 11) is 0. The minimum absolute atomic E-state index is 0.0859. The Bertz CT molecular complexity index is 959. The van der Waals surface area contributed by atoms with Crippen molar-refractivity contribution in [2.45, 2.75) is 44.1 Å².